The third kappa shape index (κ3) is 15.6. The molecule has 0 saturated heterocycles. The lowest BCUT2D eigenvalue weighted by Crippen LogP contribution is -2.11. The Bertz CT molecular complexity index is 4600. The zero-order valence-electron chi connectivity index (χ0n) is 47.6. The average molecular weight is 1250 g/mol. The monoisotopic (exact) mass is 1250 g/mol. The van der Waals surface area contributed by atoms with Crippen molar-refractivity contribution >= 4 is 115 Å². The fraction of sp³-hybridized carbons (Fsp3) is 0.183. The second-order valence-electron chi connectivity index (χ2n) is 20.2. The van der Waals surface area contributed by atoms with Gasteiger partial charge in [-0.25, -0.2) is 0 Å². The van der Waals surface area contributed by atoms with Crippen LogP contribution in [0.2, 0.25) is 0 Å². The lowest BCUT2D eigenvalue weighted by atomic mass is 9.94. The molecule has 9 rings (SSSR count). The number of nitrogen functional groups attached to an aromatic ring is 1. The summed E-state index contributed by atoms with van der Waals surface area (Å²) in [5, 5.41) is 53.9. The normalized spacial score (nSPS) is 14.2. The Morgan fingerprint density at radius 1 is 0.614 bits per heavy atom. The van der Waals surface area contributed by atoms with Crippen LogP contribution in [0, 0.1) is 6.92 Å². The van der Waals surface area contributed by atoms with Gasteiger partial charge in [-0.3, -0.25) is 18.5 Å². The first-order valence-corrected chi connectivity index (χ1v) is 31.2. The van der Waals surface area contributed by atoms with Gasteiger partial charge in [-0.05, 0) is 189 Å². The highest BCUT2D eigenvalue weighted by Crippen LogP contribution is 2.44. The fourth-order valence-corrected chi connectivity index (χ4v) is 10.9. The van der Waals surface area contributed by atoms with E-state index < -0.39 is 63.2 Å². The standard InChI is InChI=1S/C60H57N11O14S3/c1-34-24-45(65-67-50-25-36(3)51(26-35(50)2)68-71-58-57(88(80,81)82)30-39-28-43(17-20-48(39)59(58)72)62-41-14-10-40(61)11-15-41)18-21-49(34)66-70-53-33-55(83-4)52(32-56(53)84-5)69-64-42-12-8-37(9-13-42)60(73)63-44-16-19-47-38(27-44)29-46(87(77,78)79)31-54(47)85-22-6-7-23-86(74,75)76/h8-21,24,26-33,50,62,72H,6-7,22-23,25,61H2,1-5H3,(H,63,73)(H,74,75,76)(H,77,78,79)(H,80,81,82). The van der Waals surface area contributed by atoms with Crippen LogP contribution in [0.25, 0.3) is 21.5 Å². The maximum atomic E-state index is 13.3. The number of allylic oxidation sites excluding steroid dienone is 1. The van der Waals surface area contributed by atoms with E-state index in [4.69, 9.17) is 24.5 Å². The number of amides is 1. The highest BCUT2D eigenvalue weighted by Gasteiger charge is 2.25. The van der Waals surface area contributed by atoms with Crippen molar-refractivity contribution in [3.63, 3.8) is 0 Å². The number of hydrogen-bond donors (Lipinski definition) is 7. The third-order valence-corrected chi connectivity index (χ3v) is 16.3. The minimum atomic E-state index is -4.86. The number of nitrogens with zero attached hydrogens (tertiary/aromatic N) is 8. The number of aryl methyl sites for hydroxylation is 1. The Morgan fingerprint density at radius 2 is 1.24 bits per heavy atom. The predicted octanol–water partition coefficient (Wildman–Crippen LogP) is 14.8. The van der Waals surface area contributed by atoms with E-state index in [9.17, 15) is 44.3 Å². The van der Waals surface area contributed by atoms with Gasteiger partial charge in [0.1, 0.15) is 39.2 Å². The summed E-state index contributed by atoms with van der Waals surface area (Å²) in [5.74, 6) is -0.730. The number of rotatable bonds is 22. The van der Waals surface area contributed by atoms with Crippen LogP contribution in [0.4, 0.5) is 56.9 Å². The molecule has 0 bridgehead atoms. The molecule has 8 aromatic rings. The van der Waals surface area contributed by atoms with Crippen LogP contribution >= 0.6 is 0 Å². The van der Waals surface area contributed by atoms with Gasteiger partial charge in [-0.2, -0.15) is 50.8 Å². The smallest absolute Gasteiger partial charge is 0.296 e. The van der Waals surface area contributed by atoms with Gasteiger partial charge in [0.15, 0.2) is 5.75 Å². The highest BCUT2D eigenvalue weighted by molar-refractivity contribution is 7.86. The minimum absolute atomic E-state index is 0.0111. The van der Waals surface area contributed by atoms with E-state index in [0.29, 0.717) is 85.3 Å². The zero-order chi connectivity index (χ0) is 63.1. The predicted molar refractivity (Wildman–Crippen MR) is 332 cm³/mol. The van der Waals surface area contributed by atoms with Gasteiger partial charge >= 0.3 is 0 Å². The maximum Gasteiger partial charge on any atom is 0.296 e. The summed E-state index contributed by atoms with van der Waals surface area (Å²) < 4.78 is 118. The number of ether oxygens (including phenoxy) is 3. The summed E-state index contributed by atoms with van der Waals surface area (Å²) in [5.41, 5.74) is 12.7. The molecule has 454 valence electrons. The van der Waals surface area contributed by atoms with Gasteiger partial charge in [0.05, 0.1) is 60.3 Å². The maximum absolute atomic E-state index is 13.3. The number of aromatic hydroxyl groups is 1. The minimum Gasteiger partial charge on any atom is -0.505 e. The number of phenolic OH excluding ortho intramolecular Hbond substituents is 1. The number of fused-ring (bicyclic) bond motifs is 2. The molecule has 1 aliphatic carbocycles. The van der Waals surface area contributed by atoms with Crippen molar-refractivity contribution in [2.75, 3.05) is 42.9 Å². The molecule has 0 radical (unpaired) electrons. The van der Waals surface area contributed by atoms with Crippen LogP contribution < -0.4 is 30.6 Å². The molecular formula is C60H57N11O14S3. The number of hydrogen-bond acceptors (Lipinski definition) is 21. The number of phenols is 1. The molecule has 0 aliphatic heterocycles. The van der Waals surface area contributed by atoms with E-state index in [1.54, 1.807) is 103 Å². The molecule has 0 saturated carbocycles. The second kappa shape index (κ2) is 26.4. The van der Waals surface area contributed by atoms with E-state index >= 15 is 0 Å². The van der Waals surface area contributed by atoms with Gasteiger partial charge in [-0.15, -0.1) is 15.3 Å². The number of nitrogens with one attached hydrogen (secondary N) is 2. The number of carbonyl (C=O) groups is 1. The molecule has 8 N–H and O–H groups in total. The molecule has 0 heterocycles. The lowest BCUT2D eigenvalue weighted by molar-refractivity contribution is 0.102. The molecule has 1 amide bonds. The van der Waals surface area contributed by atoms with Crippen LogP contribution in [0.1, 0.15) is 49.0 Å². The van der Waals surface area contributed by atoms with Gasteiger partial charge in [0.2, 0.25) is 0 Å². The van der Waals surface area contributed by atoms with Crippen molar-refractivity contribution in [3.05, 3.63) is 168 Å². The third-order valence-electron chi connectivity index (χ3n) is 13.8. The molecule has 0 fully saturated rings. The summed E-state index contributed by atoms with van der Waals surface area (Å²) in [4.78, 5) is 12.3. The molecule has 28 heteroatoms. The molecule has 1 aliphatic rings. The van der Waals surface area contributed by atoms with E-state index in [-0.39, 0.29) is 42.2 Å². The van der Waals surface area contributed by atoms with E-state index in [0.717, 1.165) is 28.5 Å². The van der Waals surface area contributed by atoms with Gasteiger partial charge < -0.3 is 35.7 Å². The first-order valence-electron chi connectivity index (χ1n) is 26.7. The fourth-order valence-electron chi connectivity index (χ4n) is 9.09. The summed E-state index contributed by atoms with van der Waals surface area (Å²) in [6.07, 6.45) is 2.48. The van der Waals surface area contributed by atoms with Crippen LogP contribution in [-0.2, 0) is 30.4 Å². The second-order valence-corrected chi connectivity index (χ2v) is 24.5. The van der Waals surface area contributed by atoms with Crippen molar-refractivity contribution in [2.24, 2.45) is 40.9 Å². The van der Waals surface area contributed by atoms with Crippen LogP contribution in [0.5, 0.6) is 23.0 Å². The van der Waals surface area contributed by atoms with Crippen molar-refractivity contribution in [1.29, 1.82) is 0 Å². The van der Waals surface area contributed by atoms with Crippen molar-refractivity contribution in [3.8, 4) is 23.0 Å². The number of carbonyl (C=O) groups excluding carboxylic acids is 1. The van der Waals surface area contributed by atoms with Crippen molar-refractivity contribution in [1.82, 2.24) is 0 Å². The van der Waals surface area contributed by atoms with Crippen LogP contribution in [-0.4, -0.2) is 82.5 Å². The van der Waals surface area contributed by atoms with E-state index in [2.05, 4.69) is 51.5 Å². The Kier molecular flexibility index (Phi) is 18.8. The van der Waals surface area contributed by atoms with Gasteiger partial charge in [0, 0.05) is 57.3 Å². The zero-order valence-corrected chi connectivity index (χ0v) is 50.1. The van der Waals surface area contributed by atoms with Crippen molar-refractivity contribution < 1.29 is 63.0 Å². The number of nitrogens with two attached hydrogens (primary N) is 1. The Morgan fingerprint density at radius 3 is 1.90 bits per heavy atom. The molecule has 0 aromatic heterocycles. The number of azo groups is 4. The Labute approximate surface area is 505 Å². The quantitative estimate of drug-likeness (QED) is 0.0143. The molecule has 88 heavy (non-hydrogen) atoms. The summed E-state index contributed by atoms with van der Waals surface area (Å²) in [6.45, 7) is 5.52. The molecule has 0 spiro atoms. The van der Waals surface area contributed by atoms with Crippen molar-refractivity contribution in [2.45, 2.75) is 55.9 Å². The summed E-state index contributed by atoms with van der Waals surface area (Å²) in [6, 6.07) is 34.5. The number of benzene rings is 8. The lowest BCUT2D eigenvalue weighted by Gasteiger charge is -2.19. The molecular weight excluding hydrogens is 1190 g/mol. The first kappa shape index (κ1) is 62.7. The largest absolute Gasteiger partial charge is 0.505 e. The number of methoxy groups -OCH3 is 2. The van der Waals surface area contributed by atoms with E-state index in [1.807, 2.05) is 20.8 Å². The Balaban J connectivity index is 0.822. The van der Waals surface area contributed by atoms with Gasteiger partial charge in [-0.1, -0.05) is 0 Å². The highest BCUT2D eigenvalue weighted by atomic mass is 32.2. The van der Waals surface area contributed by atoms with Gasteiger partial charge in [0.25, 0.3) is 36.3 Å². The summed E-state index contributed by atoms with van der Waals surface area (Å²) >= 11 is 0. The molecule has 8 aromatic carbocycles. The molecule has 25 nitrogen and oxygen atoms in total. The van der Waals surface area contributed by atoms with Crippen LogP contribution in [0.15, 0.2) is 207 Å². The molecule has 1 atom stereocenters. The molecule has 1 unspecified atom stereocenters. The summed E-state index contributed by atoms with van der Waals surface area (Å²) in [7, 11) is -10.8. The van der Waals surface area contributed by atoms with E-state index in [1.165, 1.54) is 44.6 Å². The average Bonchev–Trinajstić information content (AvgIpc) is 0.938. The SMILES string of the molecule is COc1cc(N=Nc2ccc(N=NC3CC(C)=C(N=Nc4c(S(=O)(=O)O)cc5cc(Nc6ccc(N)cc6)ccc5c4O)C=C3C)cc2C)c(OC)cc1N=Nc1ccc(C(=O)Nc2ccc3c(OCCCCS(=O)(=O)O)cc(S(=O)(=O)O)cc3c2)cc1. The number of anilines is 4. The topological polar surface area (TPSA) is 377 Å². The first-order chi connectivity index (χ1) is 41.8. The Hall–Kier alpha value is -9.84. The number of unbranched alkanes of at least 4 members (excludes halogenated alkanes) is 1. The van der Waals surface area contributed by atoms with Crippen LogP contribution in [0.3, 0.4) is 0 Å².